The predicted octanol–water partition coefficient (Wildman–Crippen LogP) is 2.06. The van der Waals surface area contributed by atoms with Gasteiger partial charge in [0.2, 0.25) is 0 Å². The van der Waals surface area contributed by atoms with Gasteiger partial charge in [-0.05, 0) is 49.9 Å². The van der Waals surface area contributed by atoms with E-state index in [1.54, 1.807) is 0 Å². The van der Waals surface area contributed by atoms with Crippen LogP contribution in [0.5, 0.6) is 0 Å². The highest BCUT2D eigenvalue weighted by Gasteiger charge is 2.28. The van der Waals surface area contributed by atoms with Crippen molar-refractivity contribution in [1.82, 2.24) is 9.88 Å². The van der Waals surface area contributed by atoms with Crippen LogP contribution in [0.3, 0.4) is 0 Å². The number of aromatic nitrogens is 1. The number of pyridine rings is 1. The largest absolute Gasteiger partial charge is 0.330 e. The van der Waals surface area contributed by atoms with E-state index < -0.39 is 0 Å². The number of rotatable bonds is 3. The average Bonchev–Trinajstić information content (AvgIpc) is 2.39. The van der Waals surface area contributed by atoms with Crippen LogP contribution in [0, 0.1) is 11.8 Å². The van der Waals surface area contributed by atoms with Crippen LogP contribution in [0.25, 0.3) is 0 Å². The van der Waals surface area contributed by atoms with Gasteiger partial charge in [0.05, 0.1) is 0 Å². The maximum atomic E-state index is 5.86. The predicted molar refractivity (Wildman–Crippen MR) is 70.6 cm³/mol. The molecule has 1 saturated heterocycles. The molecule has 3 unspecified atom stereocenters. The summed E-state index contributed by atoms with van der Waals surface area (Å²) in [6.45, 7) is 7.68. The second kappa shape index (κ2) is 5.61. The van der Waals surface area contributed by atoms with E-state index >= 15 is 0 Å². The number of hydrogen-bond donors (Lipinski definition) is 1. The van der Waals surface area contributed by atoms with Gasteiger partial charge in [0, 0.05) is 25.0 Å². The fraction of sp³-hybridized carbons (Fsp3) is 0.643. The van der Waals surface area contributed by atoms with E-state index in [1.807, 2.05) is 18.5 Å². The average molecular weight is 233 g/mol. The van der Waals surface area contributed by atoms with Gasteiger partial charge in [0.1, 0.15) is 0 Å². The van der Waals surface area contributed by atoms with Crippen molar-refractivity contribution < 1.29 is 0 Å². The number of hydrogen-bond acceptors (Lipinski definition) is 3. The van der Waals surface area contributed by atoms with Gasteiger partial charge < -0.3 is 5.73 Å². The lowest BCUT2D eigenvalue weighted by Crippen LogP contribution is -2.43. The van der Waals surface area contributed by atoms with Gasteiger partial charge in [-0.1, -0.05) is 13.0 Å². The third-order valence-corrected chi connectivity index (χ3v) is 4.16. The molecule has 1 aliphatic heterocycles. The fourth-order valence-electron chi connectivity index (χ4n) is 2.67. The summed E-state index contributed by atoms with van der Waals surface area (Å²) in [7, 11) is 0. The van der Waals surface area contributed by atoms with Gasteiger partial charge in [-0.15, -0.1) is 0 Å². The van der Waals surface area contributed by atoms with Gasteiger partial charge >= 0.3 is 0 Å². The lowest BCUT2D eigenvalue weighted by molar-refractivity contribution is 0.0977. The van der Waals surface area contributed by atoms with Crippen LogP contribution in [0.15, 0.2) is 24.5 Å². The molecular formula is C14H23N3. The summed E-state index contributed by atoms with van der Waals surface area (Å²) >= 11 is 0. The fourth-order valence-corrected chi connectivity index (χ4v) is 2.67. The summed E-state index contributed by atoms with van der Waals surface area (Å²) in [5, 5.41) is 0. The van der Waals surface area contributed by atoms with Crippen LogP contribution in [0.4, 0.5) is 0 Å². The first-order valence-electron chi connectivity index (χ1n) is 6.56. The molecule has 1 aromatic rings. The van der Waals surface area contributed by atoms with Crippen LogP contribution in [-0.4, -0.2) is 29.5 Å². The molecule has 2 rings (SSSR count). The van der Waals surface area contributed by atoms with E-state index in [4.69, 9.17) is 5.73 Å². The lowest BCUT2D eigenvalue weighted by Gasteiger charge is -2.40. The molecule has 2 heterocycles. The Morgan fingerprint density at radius 1 is 1.59 bits per heavy atom. The first-order chi connectivity index (χ1) is 8.22. The first kappa shape index (κ1) is 12.5. The third-order valence-electron chi connectivity index (χ3n) is 4.16. The van der Waals surface area contributed by atoms with Crippen molar-refractivity contribution in [2.24, 2.45) is 17.6 Å². The molecule has 1 aliphatic rings. The topological polar surface area (TPSA) is 42.2 Å². The highest BCUT2D eigenvalue weighted by atomic mass is 15.2. The molecule has 3 nitrogen and oxygen atoms in total. The third kappa shape index (κ3) is 2.85. The Labute approximate surface area is 104 Å². The number of nitrogens with two attached hydrogens (primary N) is 1. The zero-order valence-corrected chi connectivity index (χ0v) is 10.8. The van der Waals surface area contributed by atoms with Crippen LogP contribution >= 0.6 is 0 Å². The Kier molecular flexibility index (Phi) is 4.13. The number of likely N-dealkylation sites (tertiary alicyclic amines) is 1. The maximum absolute atomic E-state index is 5.86. The van der Waals surface area contributed by atoms with E-state index in [2.05, 4.69) is 29.8 Å². The van der Waals surface area contributed by atoms with Crippen molar-refractivity contribution in [2.75, 3.05) is 19.6 Å². The van der Waals surface area contributed by atoms with Crippen LogP contribution < -0.4 is 5.73 Å². The number of nitrogens with zero attached hydrogens (tertiary/aromatic N) is 2. The summed E-state index contributed by atoms with van der Waals surface area (Å²) in [6, 6.07) is 4.62. The SMILES string of the molecule is CC1CCN(C(C)c2cccnc2)CC1CN. The van der Waals surface area contributed by atoms with Crippen molar-refractivity contribution in [2.45, 2.75) is 26.3 Å². The van der Waals surface area contributed by atoms with Crippen molar-refractivity contribution in [3.8, 4) is 0 Å². The molecule has 17 heavy (non-hydrogen) atoms. The highest BCUT2D eigenvalue weighted by molar-refractivity contribution is 5.13. The highest BCUT2D eigenvalue weighted by Crippen LogP contribution is 2.28. The molecule has 0 radical (unpaired) electrons. The minimum absolute atomic E-state index is 0.449. The molecule has 0 aromatic carbocycles. The Bertz CT molecular complexity index is 339. The summed E-state index contributed by atoms with van der Waals surface area (Å²) in [5.41, 5.74) is 7.16. The minimum Gasteiger partial charge on any atom is -0.330 e. The molecule has 0 amide bonds. The Hall–Kier alpha value is -0.930. The molecule has 2 N–H and O–H groups in total. The van der Waals surface area contributed by atoms with Crippen molar-refractivity contribution in [3.05, 3.63) is 30.1 Å². The zero-order chi connectivity index (χ0) is 12.3. The van der Waals surface area contributed by atoms with Crippen molar-refractivity contribution >= 4 is 0 Å². The second-order valence-electron chi connectivity index (χ2n) is 5.22. The van der Waals surface area contributed by atoms with Crippen LogP contribution in [0.2, 0.25) is 0 Å². The molecule has 94 valence electrons. The van der Waals surface area contributed by atoms with Crippen LogP contribution in [0.1, 0.15) is 31.9 Å². The molecule has 0 aliphatic carbocycles. The normalized spacial score (nSPS) is 27.9. The number of piperidine rings is 1. The summed E-state index contributed by atoms with van der Waals surface area (Å²) in [6.07, 6.45) is 5.06. The van der Waals surface area contributed by atoms with Gasteiger partial charge in [-0.25, -0.2) is 0 Å². The summed E-state index contributed by atoms with van der Waals surface area (Å²) in [4.78, 5) is 6.74. The second-order valence-corrected chi connectivity index (χ2v) is 5.22. The Morgan fingerprint density at radius 2 is 2.41 bits per heavy atom. The van der Waals surface area contributed by atoms with Crippen molar-refractivity contribution in [3.63, 3.8) is 0 Å². The molecular weight excluding hydrogens is 210 g/mol. The smallest absolute Gasteiger partial charge is 0.0335 e. The van der Waals surface area contributed by atoms with Crippen molar-refractivity contribution in [1.29, 1.82) is 0 Å². The lowest BCUT2D eigenvalue weighted by atomic mass is 9.86. The molecule has 0 spiro atoms. The standard InChI is InChI=1S/C14H23N3/c1-11-5-7-17(10-14(11)8-15)12(2)13-4-3-6-16-9-13/h3-4,6,9,11-12,14H,5,7-8,10,15H2,1-2H3. The molecule has 3 heteroatoms. The molecule has 1 aromatic heterocycles. The van der Waals surface area contributed by atoms with Gasteiger partial charge in [0.15, 0.2) is 0 Å². The summed E-state index contributed by atoms with van der Waals surface area (Å²) in [5.74, 6) is 1.40. The molecule has 1 fully saturated rings. The Balaban J connectivity index is 2.03. The maximum Gasteiger partial charge on any atom is 0.0335 e. The van der Waals surface area contributed by atoms with E-state index in [1.165, 1.54) is 18.5 Å². The first-order valence-corrected chi connectivity index (χ1v) is 6.56. The van der Waals surface area contributed by atoms with Gasteiger partial charge in [-0.3, -0.25) is 9.88 Å². The van der Waals surface area contributed by atoms with E-state index in [0.29, 0.717) is 12.0 Å². The monoisotopic (exact) mass is 233 g/mol. The van der Waals surface area contributed by atoms with E-state index in [9.17, 15) is 0 Å². The quantitative estimate of drug-likeness (QED) is 0.869. The van der Waals surface area contributed by atoms with E-state index in [0.717, 1.165) is 19.0 Å². The minimum atomic E-state index is 0.449. The van der Waals surface area contributed by atoms with Crippen LogP contribution in [-0.2, 0) is 0 Å². The molecule has 0 saturated carbocycles. The van der Waals surface area contributed by atoms with Gasteiger partial charge in [-0.2, -0.15) is 0 Å². The summed E-state index contributed by atoms with van der Waals surface area (Å²) < 4.78 is 0. The van der Waals surface area contributed by atoms with Gasteiger partial charge in [0.25, 0.3) is 0 Å². The zero-order valence-electron chi connectivity index (χ0n) is 10.8. The Morgan fingerprint density at radius 3 is 3.06 bits per heavy atom. The molecule has 0 bridgehead atoms. The van der Waals surface area contributed by atoms with E-state index in [-0.39, 0.29) is 0 Å². The molecule has 3 atom stereocenters.